The van der Waals surface area contributed by atoms with Crippen LogP contribution in [0.2, 0.25) is 0 Å². The van der Waals surface area contributed by atoms with E-state index in [-0.39, 0.29) is 36.0 Å². The second kappa shape index (κ2) is 14.5. The molecule has 2 aromatic carbocycles. The summed E-state index contributed by atoms with van der Waals surface area (Å²) in [5, 5.41) is 0. The van der Waals surface area contributed by atoms with Crippen molar-refractivity contribution >= 4 is 11.9 Å². The van der Waals surface area contributed by atoms with E-state index in [1.807, 2.05) is 74.5 Å². The fourth-order valence-corrected chi connectivity index (χ4v) is 3.94. The number of esters is 2. The molecule has 0 bridgehead atoms. The molecule has 4 atom stereocenters. The molecular formula is C29H40O4. The van der Waals surface area contributed by atoms with Crippen molar-refractivity contribution in [1.29, 1.82) is 0 Å². The fraction of sp³-hybridized carbons (Fsp3) is 0.517. The molecule has 0 N–H and O–H groups in total. The quantitative estimate of drug-likeness (QED) is 0.277. The summed E-state index contributed by atoms with van der Waals surface area (Å²) in [6.07, 6.45) is 5.56. The summed E-state index contributed by atoms with van der Waals surface area (Å²) in [7, 11) is 0. The van der Waals surface area contributed by atoms with Crippen LogP contribution in [0, 0.1) is 11.8 Å². The van der Waals surface area contributed by atoms with Gasteiger partial charge in [-0.1, -0.05) is 101 Å². The Balaban J connectivity index is 1.95. The van der Waals surface area contributed by atoms with Crippen LogP contribution in [0.4, 0.5) is 0 Å². The third-order valence-corrected chi connectivity index (χ3v) is 6.01. The average molecular weight is 453 g/mol. The molecule has 180 valence electrons. The normalized spacial score (nSPS) is 14.7. The van der Waals surface area contributed by atoms with Crippen LogP contribution in [0.1, 0.15) is 96.0 Å². The molecule has 0 heterocycles. The van der Waals surface area contributed by atoms with Crippen LogP contribution in [0.5, 0.6) is 0 Å². The predicted octanol–water partition coefficient (Wildman–Crippen LogP) is 7.60. The summed E-state index contributed by atoms with van der Waals surface area (Å²) in [6, 6.07) is 19.8. The summed E-state index contributed by atoms with van der Waals surface area (Å²) in [6.45, 7) is 7.92. The Kier molecular flexibility index (Phi) is 11.7. The van der Waals surface area contributed by atoms with E-state index in [4.69, 9.17) is 9.47 Å². The molecule has 4 heteroatoms. The van der Waals surface area contributed by atoms with Gasteiger partial charge in [-0.3, -0.25) is 9.59 Å². The molecule has 33 heavy (non-hydrogen) atoms. The molecular weight excluding hydrogens is 412 g/mol. The molecule has 0 amide bonds. The topological polar surface area (TPSA) is 52.6 Å². The molecule has 4 unspecified atom stereocenters. The number of ether oxygens (including phenoxy) is 2. The van der Waals surface area contributed by atoms with Crippen LogP contribution in [0.3, 0.4) is 0 Å². The maximum Gasteiger partial charge on any atom is 0.309 e. The third-order valence-electron chi connectivity index (χ3n) is 6.01. The van der Waals surface area contributed by atoms with E-state index in [1.54, 1.807) is 0 Å². The number of hydrogen-bond acceptors (Lipinski definition) is 4. The van der Waals surface area contributed by atoms with Gasteiger partial charge >= 0.3 is 11.9 Å². The smallest absolute Gasteiger partial charge is 0.309 e. The summed E-state index contributed by atoms with van der Waals surface area (Å²) in [5.74, 6) is -1.28. The monoisotopic (exact) mass is 452 g/mol. The highest BCUT2D eigenvalue weighted by Gasteiger charge is 2.27. The maximum absolute atomic E-state index is 12.9. The van der Waals surface area contributed by atoms with Crippen molar-refractivity contribution in [3.8, 4) is 0 Å². The summed E-state index contributed by atoms with van der Waals surface area (Å²) in [4.78, 5) is 25.7. The van der Waals surface area contributed by atoms with Crippen LogP contribution in [0.25, 0.3) is 0 Å². The van der Waals surface area contributed by atoms with Gasteiger partial charge in [0.2, 0.25) is 0 Å². The lowest BCUT2D eigenvalue weighted by atomic mass is 9.96. The third kappa shape index (κ3) is 9.03. The van der Waals surface area contributed by atoms with E-state index >= 15 is 0 Å². The largest absolute Gasteiger partial charge is 0.457 e. The lowest BCUT2D eigenvalue weighted by Gasteiger charge is -2.23. The van der Waals surface area contributed by atoms with E-state index in [2.05, 4.69) is 13.8 Å². The van der Waals surface area contributed by atoms with Crippen molar-refractivity contribution in [3.63, 3.8) is 0 Å². The first-order chi connectivity index (χ1) is 16.0. The van der Waals surface area contributed by atoms with Crippen LogP contribution in [0.15, 0.2) is 60.7 Å². The van der Waals surface area contributed by atoms with E-state index < -0.39 is 0 Å². The summed E-state index contributed by atoms with van der Waals surface area (Å²) >= 11 is 0. The van der Waals surface area contributed by atoms with Gasteiger partial charge < -0.3 is 9.47 Å². The van der Waals surface area contributed by atoms with Gasteiger partial charge in [0.1, 0.15) is 12.2 Å². The Hall–Kier alpha value is -2.62. The zero-order valence-corrected chi connectivity index (χ0v) is 20.7. The minimum atomic E-state index is -0.383. The number of rotatable bonds is 14. The van der Waals surface area contributed by atoms with Gasteiger partial charge in [0, 0.05) is 0 Å². The summed E-state index contributed by atoms with van der Waals surface area (Å²) < 4.78 is 11.8. The Bertz CT molecular complexity index is 749. The van der Waals surface area contributed by atoms with Crippen LogP contribution >= 0.6 is 0 Å². The number of carbonyl (C=O) groups excluding carboxylic acids is 2. The zero-order chi connectivity index (χ0) is 24.1. The maximum atomic E-state index is 12.9. The predicted molar refractivity (Wildman–Crippen MR) is 133 cm³/mol. The van der Waals surface area contributed by atoms with E-state index in [1.165, 1.54) is 0 Å². The first-order valence-electron chi connectivity index (χ1n) is 12.5. The minimum absolute atomic E-state index is 0.250. The van der Waals surface area contributed by atoms with Crippen molar-refractivity contribution < 1.29 is 19.1 Å². The highest BCUT2D eigenvalue weighted by Crippen LogP contribution is 2.28. The zero-order valence-electron chi connectivity index (χ0n) is 20.7. The molecule has 0 radical (unpaired) electrons. The van der Waals surface area contributed by atoms with Crippen LogP contribution in [-0.4, -0.2) is 11.9 Å². The Morgan fingerprint density at radius 1 is 0.667 bits per heavy atom. The highest BCUT2D eigenvalue weighted by molar-refractivity contribution is 5.76. The van der Waals surface area contributed by atoms with Crippen molar-refractivity contribution in [1.82, 2.24) is 0 Å². The van der Waals surface area contributed by atoms with E-state index in [0.717, 1.165) is 49.7 Å². The Morgan fingerprint density at radius 2 is 1.03 bits per heavy atom. The number of hydrogen-bond donors (Lipinski definition) is 0. The molecule has 0 saturated carbocycles. The second-order valence-electron chi connectivity index (χ2n) is 8.99. The van der Waals surface area contributed by atoms with Gasteiger partial charge in [-0.15, -0.1) is 0 Å². The first kappa shape index (κ1) is 26.6. The van der Waals surface area contributed by atoms with Crippen molar-refractivity contribution in [2.75, 3.05) is 0 Å². The Labute approximate surface area is 199 Å². The fourth-order valence-electron chi connectivity index (χ4n) is 3.94. The second-order valence-corrected chi connectivity index (χ2v) is 8.99. The van der Waals surface area contributed by atoms with Gasteiger partial charge in [0.15, 0.2) is 0 Å². The van der Waals surface area contributed by atoms with Gasteiger partial charge in [-0.25, -0.2) is 0 Å². The molecule has 4 nitrogen and oxygen atoms in total. The molecule has 0 aliphatic heterocycles. The standard InChI is InChI=1S/C29H40O4/c1-5-7-19-26(24-15-11-9-12-16-24)32-28(30)22(3)21-23(4)29(31)33-27(20-8-6-2)25-17-13-10-14-18-25/h9-18,22-23,26-27H,5-8,19-21H2,1-4H3. The highest BCUT2D eigenvalue weighted by atomic mass is 16.5. The molecule has 0 spiro atoms. The van der Waals surface area contributed by atoms with E-state index in [0.29, 0.717) is 6.42 Å². The molecule has 2 rings (SSSR count). The van der Waals surface area contributed by atoms with Crippen molar-refractivity contribution in [2.24, 2.45) is 11.8 Å². The average Bonchev–Trinajstić information content (AvgIpc) is 2.84. The van der Waals surface area contributed by atoms with Gasteiger partial charge in [0.25, 0.3) is 0 Å². The van der Waals surface area contributed by atoms with Crippen LogP contribution < -0.4 is 0 Å². The van der Waals surface area contributed by atoms with Crippen molar-refractivity contribution in [3.05, 3.63) is 71.8 Å². The Morgan fingerprint density at radius 3 is 1.36 bits per heavy atom. The molecule has 0 aliphatic rings. The summed E-state index contributed by atoms with van der Waals surface area (Å²) in [5.41, 5.74) is 2.03. The lowest BCUT2D eigenvalue weighted by molar-refractivity contribution is -0.158. The van der Waals surface area contributed by atoms with E-state index in [9.17, 15) is 9.59 Å². The molecule has 2 aromatic rings. The van der Waals surface area contributed by atoms with Gasteiger partial charge in [-0.2, -0.15) is 0 Å². The molecule has 0 aromatic heterocycles. The number of carbonyl (C=O) groups is 2. The lowest BCUT2D eigenvalue weighted by Crippen LogP contribution is -2.25. The molecule has 0 saturated heterocycles. The van der Waals surface area contributed by atoms with Gasteiger partial charge in [0.05, 0.1) is 11.8 Å². The van der Waals surface area contributed by atoms with Gasteiger partial charge in [-0.05, 0) is 43.2 Å². The minimum Gasteiger partial charge on any atom is -0.457 e. The SMILES string of the molecule is CCCCC(OC(=O)C(C)CC(C)C(=O)OC(CCCC)c1ccccc1)c1ccccc1. The molecule has 0 fully saturated rings. The van der Waals surface area contributed by atoms with Crippen molar-refractivity contribution in [2.45, 2.75) is 84.8 Å². The first-order valence-corrected chi connectivity index (χ1v) is 12.5. The van der Waals surface area contributed by atoms with Crippen LogP contribution in [-0.2, 0) is 19.1 Å². The number of benzene rings is 2. The molecule has 0 aliphatic carbocycles. The number of unbranched alkanes of at least 4 members (excludes halogenated alkanes) is 2.